The summed E-state index contributed by atoms with van der Waals surface area (Å²) in [5.74, 6) is 0. The van der Waals surface area contributed by atoms with E-state index >= 15 is 0 Å². The third-order valence-electron chi connectivity index (χ3n) is 2.41. The molecule has 1 rings (SSSR count). The van der Waals surface area contributed by atoms with E-state index in [0.29, 0.717) is 6.42 Å². The van der Waals surface area contributed by atoms with Gasteiger partial charge in [0.2, 0.25) is 0 Å². The number of aliphatic hydroxyl groups is 1. The summed E-state index contributed by atoms with van der Waals surface area (Å²) in [6, 6.07) is 7.38. The smallest absolute Gasteiger partial charge is 0.389 e. The SMILES string of the molecule is OC(CCCC(F)(F)F)Cc1ccccc1Br. The molecule has 0 aliphatic carbocycles. The van der Waals surface area contributed by atoms with Gasteiger partial charge in [-0.3, -0.25) is 0 Å². The van der Waals surface area contributed by atoms with Gasteiger partial charge in [-0.2, -0.15) is 13.2 Å². The van der Waals surface area contributed by atoms with Crippen LogP contribution >= 0.6 is 15.9 Å². The van der Waals surface area contributed by atoms with Crippen molar-refractivity contribution in [3.05, 3.63) is 34.3 Å². The average molecular weight is 311 g/mol. The van der Waals surface area contributed by atoms with Gasteiger partial charge in [0.1, 0.15) is 0 Å². The Balaban J connectivity index is 2.35. The normalized spacial score (nSPS) is 13.7. The quantitative estimate of drug-likeness (QED) is 0.868. The fourth-order valence-electron chi connectivity index (χ4n) is 1.56. The van der Waals surface area contributed by atoms with Gasteiger partial charge >= 0.3 is 6.18 Å². The second-order valence-corrected chi connectivity index (χ2v) is 4.81. The second kappa shape index (κ2) is 6.40. The van der Waals surface area contributed by atoms with Crippen LogP contribution in [0.5, 0.6) is 0 Å². The largest absolute Gasteiger partial charge is 0.393 e. The van der Waals surface area contributed by atoms with Gasteiger partial charge in [0.05, 0.1) is 6.10 Å². The summed E-state index contributed by atoms with van der Waals surface area (Å²) in [7, 11) is 0. The molecular formula is C12H14BrF3O. The molecule has 5 heteroatoms. The summed E-state index contributed by atoms with van der Waals surface area (Å²) in [5, 5.41) is 9.64. The van der Waals surface area contributed by atoms with Gasteiger partial charge in [0, 0.05) is 10.9 Å². The molecule has 1 atom stereocenters. The fourth-order valence-corrected chi connectivity index (χ4v) is 2.00. The van der Waals surface area contributed by atoms with Crippen LogP contribution in [-0.2, 0) is 6.42 Å². The third-order valence-corrected chi connectivity index (χ3v) is 3.18. The first-order chi connectivity index (χ1) is 7.88. The van der Waals surface area contributed by atoms with Gasteiger partial charge < -0.3 is 5.11 Å². The highest BCUT2D eigenvalue weighted by Gasteiger charge is 2.26. The van der Waals surface area contributed by atoms with Gasteiger partial charge in [-0.05, 0) is 30.9 Å². The van der Waals surface area contributed by atoms with Crippen molar-refractivity contribution in [3.8, 4) is 0 Å². The molecule has 1 N–H and O–H groups in total. The summed E-state index contributed by atoms with van der Waals surface area (Å²) in [4.78, 5) is 0. The van der Waals surface area contributed by atoms with Crippen LogP contribution in [0.3, 0.4) is 0 Å². The monoisotopic (exact) mass is 310 g/mol. The van der Waals surface area contributed by atoms with E-state index in [2.05, 4.69) is 15.9 Å². The third kappa shape index (κ3) is 6.07. The molecule has 1 unspecified atom stereocenters. The standard InChI is InChI=1S/C12H14BrF3O/c13-11-6-2-1-4-9(11)8-10(17)5-3-7-12(14,15)16/h1-2,4,6,10,17H,3,5,7-8H2. The van der Waals surface area contributed by atoms with E-state index in [1.165, 1.54) is 0 Å². The number of hydrogen-bond donors (Lipinski definition) is 1. The molecule has 0 aliphatic rings. The van der Waals surface area contributed by atoms with E-state index in [9.17, 15) is 18.3 Å². The Morgan fingerprint density at radius 2 is 1.88 bits per heavy atom. The van der Waals surface area contributed by atoms with Crippen molar-refractivity contribution < 1.29 is 18.3 Å². The predicted octanol–water partition coefficient (Wildman–Crippen LogP) is 4.09. The molecule has 0 radical (unpaired) electrons. The van der Waals surface area contributed by atoms with Crippen LogP contribution in [0.15, 0.2) is 28.7 Å². The molecule has 0 aromatic heterocycles. The van der Waals surface area contributed by atoms with E-state index in [-0.39, 0.29) is 12.8 Å². The number of aliphatic hydroxyl groups excluding tert-OH is 1. The molecule has 0 saturated carbocycles. The minimum atomic E-state index is -4.13. The molecule has 17 heavy (non-hydrogen) atoms. The van der Waals surface area contributed by atoms with Crippen LogP contribution in [0.4, 0.5) is 13.2 Å². The molecule has 0 fully saturated rings. The molecule has 0 aliphatic heterocycles. The Bertz CT molecular complexity index is 352. The zero-order chi connectivity index (χ0) is 12.9. The number of hydrogen-bond acceptors (Lipinski definition) is 1. The van der Waals surface area contributed by atoms with Crippen LogP contribution in [0.2, 0.25) is 0 Å². The maximum Gasteiger partial charge on any atom is 0.389 e. The molecule has 96 valence electrons. The second-order valence-electron chi connectivity index (χ2n) is 3.96. The molecule has 0 saturated heterocycles. The van der Waals surface area contributed by atoms with Crippen LogP contribution in [0.1, 0.15) is 24.8 Å². The lowest BCUT2D eigenvalue weighted by molar-refractivity contribution is -0.136. The van der Waals surface area contributed by atoms with E-state index in [0.717, 1.165) is 10.0 Å². The highest BCUT2D eigenvalue weighted by molar-refractivity contribution is 9.10. The van der Waals surface area contributed by atoms with E-state index in [1.807, 2.05) is 24.3 Å². The van der Waals surface area contributed by atoms with Gasteiger partial charge in [0.25, 0.3) is 0 Å². The van der Waals surface area contributed by atoms with Crippen LogP contribution in [0.25, 0.3) is 0 Å². The fraction of sp³-hybridized carbons (Fsp3) is 0.500. The lowest BCUT2D eigenvalue weighted by Gasteiger charge is -2.12. The summed E-state index contributed by atoms with van der Waals surface area (Å²) < 4.78 is 36.6. The average Bonchev–Trinajstić information content (AvgIpc) is 2.19. The van der Waals surface area contributed by atoms with E-state index in [4.69, 9.17) is 0 Å². The number of alkyl halides is 3. The lowest BCUT2D eigenvalue weighted by Crippen LogP contribution is -2.13. The molecule has 1 aromatic carbocycles. The summed E-state index contributed by atoms with van der Waals surface area (Å²) >= 11 is 3.33. The zero-order valence-electron chi connectivity index (χ0n) is 9.17. The lowest BCUT2D eigenvalue weighted by atomic mass is 10.0. The molecule has 0 spiro atoms. The van der Waals surface area contributed by atoms with E-state index < -0.39 is 18.7 Å². The summed E-state index contributed by atoms with van der Waals surface area (Å²) in [6.45, 7) is 0. The van der Waals surface area contributed by atoms with E-state index in [1.54, 1.807) is 0 Å². The number of rotatable bonds is 5. The molecular weight excluding hydrogens is 297 g/mol. The van der Waals surface area contributed by atoms with Crippen molar-refractivity contribution in [1.82, 2.24) is 0 Å². The number of halogens is 4. The highest BCUT2D eigenvalue weighted by atomic mass is 79.9. The first-order valence-corrected chi connectivity index (χ1v) is 6.16. The Hall–Kier alpha value is -0.550. The van der Waals surface area contributed by atoms with Crippen molar-refractivity contribution in [2.45, 2.75) is 38.0 Å². The van der Waals surface area contributed by atoms with Gasteiger partial charge in [-0.15, -0.1) is 0 Å². The molecule has 0 bridgehead atoms. The molecule has 1 aromatic rings. The maximum atomic E-state index is 11.9. The Morgan fingerprint density at radius 1 is 1.24 bits per heavy atom. The van der Waals surface area contributed by atoms with Crippen molar-refractivity contribution in [2.75, 3.05) is 0 Å². The van der Waals surface area contributed by atoms with Crippen LogP contribution in [-0.4, -0.2) is 17.4 Å². The minimum absolute atomic E-state index is 0.0326. The summed E-state index contributed by atoms with van der Waals surface area (Å²) in [5.41, 5.74) is 0.909. The van der Waals surface area contributed by atoms with Crippen molar-refractivity contribution in [1.29, 1.82) is 0 Å². The number of benzene rings is 1. The molecule has 0 heterocycles. The predicted molar refractivity (Wildman–Crippen MR) is 63.8 cm³/mol. The Labute approximate surface area is 107 Å². The first-order valence-electron chi connectivity index (χ1n) is 5.37. The minimum Gasteiger partial charge on any atom is -0.393 e. The van der Waals surface area contributed by atoms with Gasteiger partial charge in [-0.25, -0.2) is 0 Å². The summed E-state index contributed by atoms with van der Waals surface area (Å²) in [6.07, 6.45) is -5.18. The topological polar surface area (TPSA) is 20.2 Å². The van der Waals surface area contributed by atoms with Crippen molar-refractivity contribution in [2.24, 2.45) is 0 Å². The zero-order valence-corrected chi connectivity index (χ0v) is 10.8. The van der Waals surface area contributed by atoms with Crippen molar-refractivity contribution >= 4 is 15.9 Å². The first kappa shape index (κ1) is 14.5. The van der Waals surface area contributed by atoms with Gasteiger partial charge in [-0.1, -0.05) is 34.1 Å². The molecule has 1 nitrogen and oxygen atoms in total. The van der Waals surface area contributed by atoms with Gasteiger partial charge in [0.15, 0.2) is 0 Å². The highest BCUT2D eigenvalue weighted by Crippen LogP contribution is 2.24. The Kier molecular flexibility index (Phi) is 5.46. The van der Waals surface area contributed by atoms with Crippen LogP contribution < -0.4 is 0 Å². The van der Waals surface area contributed by atoms with Crippen molar-refractivity contribution in [3.63, 3.8) is 0 Å². The molecule has 0 amide bonds. The van der Waals surface area contributed by atoms with Crippen LogP contribution in [0, 0.1) is 0 Å². The maximum absolute atomic E-state index is 11.9. The Morgan fingerprint density at radius 3 is 2.47 bits per heavy atom.